The van der Waals surface area contributed by atoms with Gasteiger partial charge in [-0.15, -0.1) is 11.8 Å². The van der Waals surface area contributed by atoms with Crippen LogP contribution >= 0.6 is 23.5 Å². The Bertz CT molecular complexity index is 387. The zero-order valence-corrected chi connectivity index (χ0v) is 12.4. The maximum Gasteiger partial charge on any atom is 0.0824 e. The van der Waals surface area contributed by atoms with E-state index in [0.717, 1.165) is 0 Å². The molecule has 2 heterocycles. The van der Waals surface area contributed by atoms with Gasteiger partial charge in [0.05, 0.1) is 11.7 Å². The van der Waals surface area contributed by atoms with E-state index in [1.54, 1.807) is 0 Å². The summed E-state index contributed by atoms with van der Waals surface area (Å²) in [7, 11) is 0. The quantitative estimate of drug-likeness (QED) is 0.802. The van der Waals surface area contributed by atoms with Crippen LogP contribution in [0.2, 0.25) is 0 Å². The van der Waals surface area contributed by atoms with E-state index in [9.17, 15) is 0 Å². The van der Waals surface area contributed by atoms with Crippen LogP contribution in [0.3, 0.4) is 0 Å². The third kappa shape index (κ3) is 2.59. The molecule has 0 bridgehead atoms. The van der Waals surface area contributed by atoms with Gasteiger partial charge in [-0.25, -0.2) is 0 Å². The summed E-state index contributed by atoms with van der Waals surface area (Å²) >= 11 is 4.10. The minimum atomic E-state index is 0.158. The Kier molecular flexibility index (Phi) is 3.92. The molecule has 1 spiro atoms. The maximum absolute atomic E-state index is 6.34. The molecule has 2 saturated heterocycles. The molecule has 2 aliphatic rings. The lowest BCUT2D eigenvalue weighted by Crippen LogP contribution is -2.41. The highest BCUT2D eigenvalue weighted by Crippen LogP contribution is 2.48. The molecular formula is C15H20OS2. The van der Waals surface area contributed by atoms with Crippen LogP contribution < -0.4 is 0 Å². The molecule has 1 aromatic rings. The van der Waals surface area contributed by atoms with E-state index in [2.05, 4.69) is 49.0 Å². The highest BCUT2D eigenvalue weighted by atomic mass is 32.2. The Morgan fingerprint density at radius 2 is 1.94 bits per heavy atom. The number of hydrogen-bond donors (Lipinski definition) is 0. The van der Waals surface area contributed by atoms with E-state index in [1.165, 1.54) is 35.7 Å². The van der Waals surface area contributed by atoms with Crippen LogP contribution in [0.15, 0.2) is 35.2 Å². The fourth-order valence-electron chi connectivity index (χ4n) is 3.02. The first-order valence-corrected chi connectivity index (χ1v) is 8.79. The second-order valence-electron chi connectivity index (χ2n) is 5.26. The van der Waals surface area contributed by atoms with Crippen molar-refractivity contribution in [3.05, 3.63) is 30.3 Å². The van der Waals surface area contributed by atoms with Crippen LogP contribution in [0.25, 0.3) is 0 Å². The number of ether oxygens (including phenoxy) is 1. The molecule has 0 unspecified atom stereocenters. The van der Waals surface area contributed by atoms with E-state index in [4.69, 9.17) is 4.74 Å². The molecule has 0 saturated carbocycles. The first kappa shape index (κ1) is 12.9. The van der Waals surface area contributed by atoms with Crippen molar-refractivity contribution in [1.29, 1.82) is 0 Å². The van der Waals surface area contributed by atoms with Gasteiger partial charge in [0, 0.05) is 10.1 Å². The lowest BCUT2D eigenvalue weighted by molar-refractivity contribution is -0.0368. The van der Waals surface area contributed by atoms with Crippen molar-refractivity contribution in [3.8, 4) is 0 Å². The van der Waals surface area contributed by atoms with Crippen molar-refractivity contribution in [1.82, 2.24) is 0 Å². The monoisotopic (exact) mass is 280 g/mol. The lowest BCUT2D eigenvalue weighted by Gasteiger charge is -2.37. The van der Waals surface area contributed by atoms with Crippen LogP contribution in [0.5, 0.6) is 0 Å². The second-order valence-corrected chi connectivity index (χ2v) is 7.76. The van der Waals surface area contributed by atoms with Gasteiger partial charge in [0.2, 0.25) is 0 Å². The number of benzene rings is 1. The normalized spacial score (nSPS) is 30.7. The van der Waals surface area contributed by atoms with Crippen LogP contribution in [0.4, 0.5) is 0 Å². The van der Waals surface area contributed by atoms with E-state index in [0.29, 0.717) is 11.4 Å². The summed E-state index contributed by atoms with van der Waals surface area (Å²) < 4.78 is 6.34. The van der Waals surface area contributed by atoms with Crippen LogP contribution in [0.1, 0.15) is 26.2 Å². The third-order valence-corrected chi connectivity index (χ3v) is 6.37. The number of thioether (sulfide) groups is 2. The van der Waals surface area contributed by atoms with Crippen molar-refractivity contribution in [3.63, 3.8) is 0 Å². The SMILES string of the molecule is C[C@H]1C[C@@H](Sc2ccccc2)C2(CCSCC2)O1. The Balaban J connectivity index is 1.77. The largest absolute Gasteiger partial charge is 0.371 e. The smallest absolute Gasteiger partial charge is 0.0824 e. The summed E-state index contributed by atoms with van der Waals surface area (Å²) in [4.78, 5) is 1.39. The van der Waals surface area contributed by atoms with Gasteiger partial charge in [0.1, 0.15) is 0 Å². The highest BCUT2D eigenvalue weighted by Gasteiger charge is 2.48. The molecule has 0 aromatic heterocycles. The second kappa shape index (κ2) is 5.48. The van der Waals surface area contributed by atoms with Gasteiger partial charge in [-0.1, -0.05) is 18.2 Å². The Morgan fingerprint density at radius 3 is 2.67 bits per heavy atom. The first-order chi connectivity index (χ1) is 8.78. The van der Waals surface area contributed by atoms with E-state index < -0.39 is 0 Å². The Labute approximate surface area is 118 Å². The molecule has 0 N–H and O–H groups in total. The molecule has 0 aliphatic carbocycles. The van der Waals surface area contributed by atoms with Crippen LogP contribution in [-0.2, 0) is 4.74 Å². The molecule has 2 fully saturated rings. The van der Waals surface area contributed by atoms with Gasteiger partial charge in [-0.2, -0.15) is 11.8 Å². The van der Waals surface area contributed by atoms with Crippen molar-refractivity contribution in [2.75, 3.05) is 11.5 Å². The van der Waals surface area contributed by atoms with Gasteiger partial charge in [-0.05, 0) is 49.8 Å². The van der Waals surface area contributed by atoms with E-state index >= 15 is 0 Å². The van der Waals surface area contributed by atoms with Crippen LogP contribution in [-0.4, -0.2) is 28.5 Å². The summed E-state index contributed by atoms with van der Waals surface area (Å²) in [5.41, 5.74) is 0.158. The van der Waals surface area contributed by atoms with E-state index in [1.807, 2.05) is 11.8 Å². The van der Waals surface area contributed by atoms with Gasteiger partial charge in [0.15, 0.2) is 0 Å². The molecule has 98 valence electrons. The fraction of sp³-hybridized carbons (Fsp3) is 0.600. The molecular weight excluding hydrogens is 260 g/mol. The molecule has 3 rings (SSSR count). The first-order valence-electron chi connectivity index (χ1n) is 6.76. The molecule has 3 heteroatoms. The average molecular weight is 280 g/mol. The number of rotatable bonds is 2. The Hall–Kier alpha value is -0.120. The third-order valence-electron chi connectivity index (χ3n) is 3.93. The Morgan fingerprint density at radius 1 is 1.22 bits per heavy atom. The summed E-state index contributed by atoms with van der Waals surface area (Å²) in [5.74, 6) is 2.52. The standard InChI is InChI=1S/C15H20OS2/c1-12-11-14(18-13-5-3-2-4-6-13)15(16-12)7-9-17-10-8-15/h2-6,12,14H,7-11H2,1H3/t12-,14+/m0/s1. The molecule has 0 radical (unpaired) electrons. The van der Waals surface area contributed by atoms with Crippen LogP contribution in [0, 0.1) is 0 Å². The van der Waals surface area contributed by atoms with Crippen molar-refractivity contribution >= 4 is 23.5 Å². The molecule has 1 nitrogen and oxygen atoms in total. The summed E-state index contributed by atoms with van der Waals surface area (Å²) in [6, 6.07) is 10.8. The molecule has 2 atom stereocenters. The molecule has 2 aliphatic heterocycles. The highest BCUT2D eigenvalue weighted by molar-refractivity contribution is 8.00. The van der Waals surface area contributed by atoms with Gasteiger partial charge in [-0.3, -0.25) is 0 Å². The minimum Gasteiger partial charge on any atom is -0.371 e. The summed E-state index contributed by atoms with van der Waals surface area (Å²) in [5, 5.41) is 0.635. The zero-order chi connectivity index (χ0) is 12.4. The minimum absolute atomic E-state index is 0.158. The van der Waals surface area contributed by atoms with Crippen molar-refractivity contribution in [2.45, 2.75) is 48.0 Å². The van der Waals surface area contributed by atoms with Gasteiger partial charge >= 0.3 is 0 Å². The maximum atomic E-state index is 6.34. The average Bonchev–Trinajstić information content (AvgIpc) is 2.67. The predicted molar refractivity (Wildman–Crippen MR) is 80.5 cm³/mol. The van der Waals surface area contributed by atoms with Gasteiger partial charge < -0.3 is 4.74 Å². The molecule has 18 heavy (non-hydrogen) atoms. The van der Waals surface area contributed by atoms with Gasteiger partial charge in [0.25, 0.3) is 0 Å². The number of hydrogen-bond acceptors (Lipinski definition) is 3. The summed E-state index contributed by atoms with van der Waals surface area (Å²) in [6.45, 7) is 2.23. The fourth-order valence-corrected chi connectivity index (χ4v) is 5.72. The molecule has 1 aromatic carbocycles. The topological polar surface area (TPSA) is 9.23 Å². The molecule has 0 amide bonds. The predicted octanol–water partition coefficient (Wildman–Crippen LogP) is 4.22. The lowest BCUT2D eigenvalue weighted by atomic mass is 9.92. The summed E-state index contributed by atoms with van der Waals surface area (Å²) in [6.07, 6.45) is 4.08. The zero-order valence-electron chi connectivity index (χ0n) is 10.8. The van der Waals surface area contributed by atoms with Crippen molar-refractivity contribution < 1.29 is 4.74 Å². The van der Waals surface area contributed by atoms with Crippen molar-refractivity contribution in [2.24, 2.45) is 0 Å². The van der Waals surface area contributed by atoms with E-state index in [-0.39, 0.29) is 5.60 Å².